The number of amides is 1. The quantitative estimate of drug-likeness (QED) is 0.501. The number of carbonyl (C=O) groups excluding carboxylic acids is 3. The maximum absolute atomic E-state index is 12.9. The first-order valence-corrected chi connectivity index (χ1v) is 7.95. The largest absolute Gasteiger partial charge is 0.550 e. The van der Waals surface area contributed by atoms with E-state index in [1.807, 2.05) is 0 Å². The van der Waals surface area contributed by atoms with Crippen LogP contribution >= 0.6 is 24.0 Å². The molecular weight excluding hydrogens is 357 g/mol. The van der Waals surface area contributed by atoms with Crippen LogP contribution in [0.5, 0.6) is 0 Å². The van der Waals surface area contributed by atoms with E-state index in [2.05, 4.69) is 0 Å². The fourth-order valence-electron chi connectivity index (χ4n) is 2.07. The lowest BCUT2D eigenvalue weighted by Crippen LogP contribution is -2.50. The number of hydrogen-bond acceptors (Lipinski definition) is 7. The molecule has 0 saturated carbocycles. The van der Waals surface area contributed by atoms with E-state index in [0.29, 0.717) is 5.56 Å². The van der Waals surface area contributed by atoms with Gasteiger partial charge in [-0.2, -0.15) is 0 Å². The first-order valence-electron chi connectivity index (χ1n) is 6.73. The van der Waals surface area contributed by atoms with E-state index in [0.717, 1.165) is 16.7 Å². The molecule has 1 atom stereocenters. The van der Waals surface area contributed by atoms with Gasteiger partial charge in [-0.05, 0) is 36.6 Å². The lowest BCUT2D eigenvalue weighted by molar-refractivity contribution is -0.311. The van der Waals surface area contributed by atoms with Gasteiger partial charge in [0.25, 0.3) is 5.91 Å². The molecule has 0 aromatic heterocycles. The van der Waals surface area contributed by atoms with Crippen LogP contribution in [-0.4, -0.2) is 33.1 Å². The average Bonchev–Trinajstić information content (AvgIpc) is 2.77. The Morgan fingerprint density at radius 3 is 2.46 bits per heavy atom. The van der Waals surface area contributed by atoms with E-state index in [9.17, 15) is 29.0 Å². The molecule has 126 valence electrons. The number of benzene rings is 1. The minimum Gasteiger partial charge on any atom is -0.550 e. The summed E-state index contributed by atoms with van der Waals surface area (Å²) in [5.74, 6) is -4.13. The third-order valence-corrected chi connectivity index (χ3v) is 4.53. The van der Waals surface area contributed by atoms with Crippen LogP contribution < -0.4 is 10.2 Å². The Balaban J connectivity index is 2.24. The Bertz CT molecular complexity index is 732. The van der Waals surface area contributed by atoms with Crippen molar-refractivity contribution in [3.8, 4) is 0 Å². The molecule has 2 rings (SSSR count). The molecule has 0 bridgehead atoms. The van der Waals surface area contributed by atoms with Crippen LogP contribution in [0.4, 0.5) is 4.39 Å². The number of thiocarbonyl (C=S) groups is 1. The number of rotatable bonds is 6. The van der Waals surface area contributed by atoms with Crippen LogP contribution in [0.15, 0.2) is 29.2 Å². The molecule has 6 nitrogen and oxygen atoms in total. The van der Waals surface area contributed by atoms with Gasteiger partial charge < -0.3 is 19.8 Å². The number of carboxylic acid groups (broad SMARTS) is 2. The van der Waals surface area contributed by atoms with E-state index in [-0.39, 0.29) is 15.6 Å². The number of thioether (sulfide) groups is 1. The Morgan fingerprint density at radius 2 is 1.92 bits per heavy atom. The third kappa shape index (κ3) is 4.18. The Kier molecular flexibility index (Phi) is 5.68. The Morgan fingerprint density at radius 1 is 1.29 bits per heavy atom. The van der Waals surface area contributed by atoms with Crippen molar-refractivity contribution in [3.63, 3.8) is 0 Å². The van der Waals surface area contributed by atoms with E-state index < -0.39 is 36.1 Å². The van der Waals surface area contributed by atoms with Crippen LogP contribution in [0.2, 0.25) is 0 Å². The summed E-state index contributed by atoms with van der Waals surface area (Å²) in [5.41, 5.74) is 0.539. The van der Waals surface area contributed by atoms with Gasteiger partial charge in [0, 0.05) is 5.97 Å². The van der Waals surface area contributed by atoms with Crippen molar-refractivity contribution in [2.75, 3.05) is 0 Å². The second-order valence-corrected chi connectivity index (χ2v) is 6.52. The van der Waals surface area contributed by atoms with Crippen molar-refractivity contribution in [1.29, 1.82) is 0 Å². The van der Waals surface area contributed by atoms with Crippen molar-refractivity contribution in [1.82, 2.24) is 4.90 Å². The molecule has 1 aromatic rings. The molecular formula is C15H10FNO5S2-2. The summed E-state index contributed by atoms with van der Waals surface area (Å²) in [6.45, 7) is 0. The zero-order chi connectivity index (χ0) is 17.9. The highest BCUT2D eigenvalue weighted by molar-refractivity contribution is 8.26. The smallest absolute Gasteiger partial charge is 0.266 e. The molecule has 1 amide bonds. The molecule has 24 heavy (non-hydrogen) atoms. The van der Waals surface area contributed by atoms with Crippen LogP contribution in [-0.2, 0) is 14.4 Å². The van der Waals surface area contributed by atoms with Gasteiger partial charge in [-0.15, -0.1) is 0 Å². The van der Waals surface area contributed by atoms with Gasteiger partial charge in [-0.25, -0.2) is 4.39 Å². The van der Waals surface area contributed by atoms with Gasteiger partial charge in [-0.1, -0.05) is 36.1 Å². The number of aliphatic carboxylic acids is 2. The Hall–Kier alpha value is -2.26. The van der Waals surface area contributed by atoms with E-state index >= 15 is 0 Å². The van der Waals surface area contributed by atoms with Crippen LogP contribution in [0.25, 0.3) is 6.08 Å². The van der Waals surface area contributed by atoms with Gasteiger partial charge in [0.1, 0.15) is 10.1 Å². The van der Waals surface area contributed by atoms with Crippen LogP contribution in [0.1, 0.15) is 18.4 Å². The highest BCUT2D eigenvalue weighted by atomic mass is 32.2. The number of halogens is 1. The molecule has 1 aliphatic rings. The highest BCUT2D eigenvalue weighted by Gasteiger charge is 2.37. The monoisotopic (exact) mass is 367 g/mol. The number of carbonyl (C=O) groups is 3. The normalized spacial score (nSPS) is 17.4. The highest BCUT2D eigenvalue weighted by Crippen LogP contribution is 2.34. The molecule has 0 aliphatic carbocycles. The molecule has 1 aliphatic heterocycles. The van der Waals surface area contributed by atoms with E-state index in [4.69, 9.17) is 12.2 Å². The van der Waals surface area contributed by atoms with E-state index in [1.165, 1.54) is 30.3 Å². The van der Waals surface area contributed by atoms with Crippen LogP contribution in [0, 0.1) is 5.82 Å². The molecule has 1 heterocycles. The van der Waals surface area contributed by atoms with Crippen molar-refractivity contribution in [3.05, 3.63) is 40.6 Å². The Labute approximate surface area is 146 Å². The zero-order valence-electron chi connectivity index (χ0n) is 12.1. The third-order valence-electron chi connectivity index (χ3n) is 3.20. The van der Waals surface area contributed by atoms with Gasteiger partial charge in [-0.3, -0.25) is 9.69 Å². The molecule has 0 spiro atoms. The first-order chi connectivity index (χ1) is 11.3. The fraction of sp³-hybridized carbons (Fsp3) is 0.200. The first kappa shape index (κ1) is 18.1. The number of hydrogen-bond donors (Lipinski definition) is 0. The van der Waals surface area contributed by atoms with Crippen molar-refractivity contribution >= 4 is 52.2 Å². The molecule has 0 unspecified atom stereocenters. The molecule has 0 radical (unpaired) electrons. The second-order valence-electron chi connectivity index (χ2n) is 4.85. The summed E-state index contributed by atoms with van der Waals surface area (Å²) < 4.78 is 12.9. The summed E-state index contributed by atoms with van der Waals surface area (Å²) in [7, 11) is 0. The zero-order valence-corrected chi connectivity index (χ0v) is 13.7. The number of carboxylic acids is 2. The minimum absolute atomic E-state index is 0.0130. The van der Waals surface area contributed by atoms with Gasteiger partial charge >= 0.3 is 0 Å². The van der Waals surface area contributed by atoms with Gasteiger partial charge in [0.15, 0.2) is 0 Å². The SMILES string of the molecule is O=C([O-])CC[C@@H](C(=O)[O-])N1C(=O)/C(=C/c2ccc(F)cc2)SC1=S. The summed E-state index contributed by atoms with van der Waals surface area (Å²) in [5, 5.41) is 21.8. The van der Waals surface area contributed by atoms with Gasteiger partial charge in [0.05, 0.1) is 16.9 Å². The maximum atomic E-state index is 12.9. The maximum Gasteiger partial charge on any atom is 0.266 e. The van der Waals surface area contributed by atoms with Crippen molar-refractivity contribution < 1.29 is 29.0 Å². The van der Waals surface area contributed by atoms with Gasteiger partial charge in [0.2, 0.25) is 0 Å². The van der Waals surface area contributed by atoms with Crippen LogP contribution in [0.3, 0.4) is 0 Å². The van der Waals surface area contributed by atoms with Crippen molar-refractivity contribution in [2.45, 2.75) is 18.9 Å². The standard InChI is InChI=1S/C15H12FNO5S2/c16-9-3-1-8(2-4-9)7-11-13(20)17(15(23)24-11)10(14(21)22)5-6-12(18)19/h1-4,7,10H,5-6H2,(H,18,19)(H,21,22)/p-2/b11-7-/t10-/m0/s1. The summed E-state index contributed by atoms with van der Waals surface area (Å²) >= 11 is 5.90. The molecule has 1 saturated heterocycles. The minimum atomic E-state index is -1.60. The molecule has 0 N–H and O–H groups in total. The molecule has 1 fully saturated rings. The fourth-order valence-corrected chi connectivity index (χ4v) is 3.42. The summed E-state index contributed by atoms with van der Waals surface area (Å²) in [6, 6.07) is 3.85. The molecule has 9 heteroatoms. The summed E-state index contributed by atoms with van der Waals surface area (Å²) in [6.07, 6.45) is 0.525. The lowest BCUT2D eigenvalue weighted by atomic mass is 10.1. The second kappa shape index (κ2) is 7.54. The predicted octanol–water partition coefficient (Wildman–Crippen LogP) is -0.324. The lowest BCUT2D eigenvalue weighted by Gasteiger charge is -2.27. The average molecular weight is 367 g/mol. The van der Waals surface area contributed by atoms with Crippen molar-refractivity contribution in [2.24, 2.45) is 0 Å². The molecule has 1 aromatic carbocycles. The van der Waals surface area contributed by atoms with E-state index in [1.54, 1.807) is 0 Å². The number of nitrogens with zero attached hydrogens (tertiary/aromatic N) is 1. The predicted molar refractivity (Wildman–Crippen MR) is 84.4 cm³/mol. The summed E-state index contributed by atoms with van der Waals surface area (Å²) in [4.78, 5) is 35.2. The topological polar surface area (TPSA) is 101 Å².